The first-order valence-electron chi connectivity index (χ1n) is 7.71. The fraction of sp³-hybridized carbons (Fsp3) is 0.222. The fourth-order valence-corrected chi connectivity index (χ4v) is 2.59. The summed E-state index contributed by atoms with van der Waals surface area (Å²) in [5.74, 6) is 1.06. The van der Waals surface area contributed by atoms with Crippen LogP contribution in [0.15, 0.2) is 48.5 Å². The standard InChI is InChI=1S/C18H17ClN2O3/c19-13-4-7-15(8-5-13)24-16-3-1-2-12(10-16)18(23)21-14-6-9-17(22)20-11-14/h1-5,7-8,10,14H,6,9,11H2,(H,20,22)(H,21,23)/t14-/m0/s1. The van der Waals surface area contributed by atoms with Gasteiger partial charge in [0.1, 0.15) is 11.5 Å². The number of amides is 2. The first-order valence-corrected chi connectivity index (χ1v) is 8.09. The number of carbonyl (C=O) groups excluding carboxylic acids is 2. The lowest BCUT2D eigenvalue weighted by molar-refractivity contribution is -0.122. The summed E-state index contributed by atoms with van der Waals surface area (Å²) in [7, 11) is 0. The van der Waals surface area contributed by atoms with E-state index in [9.17, 15) is 9.59 Å². The Morgan fingerprint density at radius 1 is 1.17 bits per heavy atom. The van der Waals surface area contributed by atoms with Crippen LogP contribution < -0.4 is 15.4 Å². The van der Waals surface area contributed by atoms with Gasteiger partial charge in [0.15, 0.2) is 0 Å². The van der Waals surface area contributed by atoms with Crippen LogP contribution in [-0.2, 0) is 4.79 Å². The molecule has 0 radical (unpaired) electrons. The maximum Gasteiger partial charge on any atom is 0.251 e. The smallest absolute Gasteiger partial charge is 0.251 e. The van der Waals surface area contributed by atoms with E-state index in [-0.39, 0.29) is 17.9 Å². The van der Waals surface area contributed by atoms with Crippen molar-refractivity contribution in [1.82, 2.24) is 10.6 Å². The number of nitrogens with one attached hydrogen (secondary N) is 2. The van der Waals surface area contributed by atoms with E-state index in [4.69, 9.17) is 16.3 Å². The Balaban J connectivity index is 1.64. The number of ether oxygens (including phenoxy) is 1. The van der Waals surface area contributed by atoms with Gasteiger partial charge < -0.3 is 15.4 Å². The summed E-state index contributed by atoms with van der Waals surface area (Å²) in [5, 5.41) is 6.31. The molecule has 1 saturated heterocycles. The van der Waals surface area contributed by atoms with Gasteiger partial charge in [0.2, 0.25) is 5.91 Å². The van der Waals surface area contributed by atoms with Gasteiger partial charge in [0, 0.05) is 29.6 Å². The van der Waals surface area contributed by atoms with Crippen LogP contribution in [0.5, 0.6) is 11.5 Å². The Bertz CT molecular complexity index is 736. The molecule has 2 aromatic carbocycles. The summed E-state index contributed by atoms with van der Waals surface area (Å²) in [6.07, 6.45) is 1.09. The van der Waals surface area contributed by atoms with Crippen LogP contribution in [0.2, 0.25) is 5.02 Å². The van der Waals surface area contributed by atoms with Gasteiger partial charge in [-0.15, -0.1) is 0 Å². The number of hydrogen-bond acceptors (Lipinski definition) is 3. The van der Waals surface area contributed by atoms with Crippen LogP contribution in [0.3, 0.4) is 0 Å². The highest BCUT2D eigenvalue weighted by Gasteiger charge is 2.20. The van der Waals surface area contributed by atoms with Gasteiger partial charge in [0.25, 0.3) is 5.91 Å². The van der Waals surface area contributed by atoms with Crippen molar-refractivity contribution in [3.05, 3.63) is 59.1 Å². The molecule has 3 rings (SSSR count). The summed E-state index contributed by atoms with van der Waals surface area (Å²) in [6.45, 7) is 0.464. The van der Waals surface area contributed by atoms with E-state index >= 15 is 0 Å². The SMILES string of the molecule is O=C1CC[C@H](NC(=O)c2cccc(Oc3ccc(Cl)cc3)c2)CN1. The minimum absolute atomic E-state index is 0.0267. The maximum absolute atomic E-state index is 12.3. The molecular weight excluding hydrogens is 328 g/mol. The van der Waals surface area contributed by atoms with Gasteiger partial charge in [-0.1, -0.05) is 17.7 Å². The van der Waals surface area contributed by atoms with Crippen LogP contribution in [0.4, 0.5) is 0 Å². The molecule has 1 aliphatic rings. The molecule has 1 heterocycles. The average Bonchev–Trinajstić information content (AvgIpc) is 2.59. The van der Waals surface area contributed by atoms with Crippen molar-refractivity contribution >= 4 is 23.4 Å². The highest BCUT2D eigenvalue weighted by atomic mass is 35.5. The molecule has 124 valence electrons. The van der Waals surface area contributed by atoms with Gasteiger partial charge in [-0.3, -0.25) is 9.59 Å². The third kappa shape index (κ3) is 4.26. The number of rotatable bonds is 4. The van der Waals surface area contributed by atoms with E-state index in [2.05, 4.69) is 10.6 Å². The molecule has 2 amide bonds. The highest BCUT2D eigenvalue weighted by Crippen LogP contribution is 2.23. The van der Waals surface area contributed by atoms with Crippen LogP contribution in [-0.4, -0.2) is 24.4 Å². The average molecular weight is 345 g/mol. The lowest BCUT2D eigenvalue weighted by atomic mass is 10.1. The summed E-state index contributed by atoms with van der Waals surface area (Å²) in [6, 6.07) is 13.9. The quantitative estimate of drug-likeness (QED) is 0.895. The van der Waals surface area contributed by atoms with E-state index in [1.807, 2.05) is 0 Å². The largest absolute Gasteiger partial charge is 0.457 e. The second-order valence-corrected chi connectivity index (χ2v) is 6.03. The van der Waals surface area contributed by atoms with E-state index < -0.39 is 0 Å². The minimum Gasteiger partial charge on any atom is -0.457 e. The van der Waals surface area contributed by atoms with Crippen molar-refractivity contribution in [3.63, 3.8) is 0 Å². The molecule has 0 saturated carbocycles. The normalized spacial score (nSPS) is 17.0. The predicted molar refractivity (Wildman–Crippen MR) is 91.5 cm³/mol. The van der Waals surface area contributed by atoms with Gasteiger partial charge in [-0.25, -0.2) is 0 Å². The molecule has 0 aliphatic carbocycles. The molecule has 1 aliphatic heterocycles. The van der Waals surface area contributed by atoms with Crippen LogP contribution >= 0.6 is 11.6 Å². The van der Waals surface area contributed by atoms with E-state index in [0.29, 0.717) is 41.5 Å². The molecule has 24 heavy (non-hydrogen) atoms. The van der Waals surface area contributed by atoms with Crippen molar-refractivity contribution in [2.75, 3.05) is 6.54 Å². The Morgan fingerprint density at radius 3 is 2.67 bits per heavy atom. The van der Waals surface area contributed by atoms with E-state index in [1.54, 1.807) is 48.5 Å². The number of hydrogen-bond donors (Lipinski definition) is 2. The predicted octanol–water partition coefficient (Wildman–Crippen LogP) is 3.14. The summed E-state index contributed by atoms with van der Waals surface area (Å²) >= 11 is 5.85. The topological polar surface area (TPSA) is 67.4 Å². The maximum atomic E-state index is 12.3. The second kappa shape index (κ2) is 7.36. The zero-order valence-electron chi connectivity index (χ0n) is 12.9. The molecule has 1 fully saturated rings. The zero-order valence-corrected chi connectivity index (χ0v) is 13.7. The summed E-state index contributed by atoms with van der Waals surface area (Å²) in [4.78, 5) is 23.5. The van der Waals surface area contributed by atoms with Crippen molar-refractivity contribution in [2.45, 2.75) is 18.9 Å². The highest BCUT2D eigenvalue weighted by molar-refractivity contribution is 6.30. The number of halogens is 1. The summed E-state index contributed by atoms with van der Waals surface area (Å²) in [5.41, 5.74) is 0.512. The fourth-order valence-electron chi connectivity index (χ4n) is 2.46. The third-order valence-electron chi connectivity index (χ3n) is 3.75. The molecule has 0 aromatic heterocycles. The lowest BCUT2D eigenvalue weighted by Crippen LogP contribution is -2.47. The van der Waals surface area contributed by atoms with Gasteiger partial charge in [-0.2, -0.15) is 0 Å². The van der Waals surface area contributed by atoms with Crippen LogP contribution in [0.1, 0.15) is 23.2 Å². The molecule has 2 N–H and O–H groups in total. The number of benzene rings is 2. The molecule has 0 unspecified atom stereocenters. The monoisotopic (exact) mass is 344 g/mol. The second-order valence-electron chi connectivity index (χ2n) is 5.60. The zero-order chi connectivity index (χ0) is 16.9. The first-order chi connectivity index (χ1) is 11.6. The lowest BCUT2D eigenvalue weighted by Gasteiger charge is -2.23. The number of piperidine rings is 1. The van der Waals surface area contributed by atoms with Crippen LogP contribution in [0.25, 0.3) is 0 Å². The third-order valence-corrected chi connectivity index (χ3v) is 4.00. The molecule has 0 bridgehead atoms. The molecule has 5 nitrogen and oxygen atoms in total. The Hall–Kier alpha value is -2.53. The van der Waals surface area contributed by atoms with Gasteiger partial charge in [-0.05, 0) is 48.9 Å². The van der Waals surface area contributed by atoms with Crippen molar-refractivity contribution < 1.29 is 14.3 Å². The van der Waals surface area contributed by atoms with Crippen molar-refractivity contribution in [2.24, 2.45) is 0 Å². The Labute approximate surface area is 145 Å². The van der Waals surface area contributed by atoms with Gasteiger partial charge in [0.05, 0.1) is 0 Å². The molecule has 6 heteroatoms. The number of carbonyl (C=O) groups is 2. The summed E-state index contributed by atoms with van der Waals surface area (Å²) < 4.78 is 5.73. The Morgan fingerprint density at radius 2 is 1.96 bits per heavy atom. The molecular formula is C18H17ClN2O3. The molecule has 2 aromatic rings. The van der Waals surface area contributed by atoms with Crippen molar-refractivity contribution in [1.29, 1.82) is 0 Å². The van der Waals surface area contributed by atoms with Crippen molar-refractivity contribution in [3.8, 4) is 11.5 Å². The van der Waals surface area contributed by atoms with Gasteiger partial charge >= 0.3 is 0 Å². The minimum atomic E-state index is -0.183. The first kappa shape index (κ1) is 16.3. The molecule has 1 atom stereocenters. The molecule has 0 spiro atoms. The van der Waals surface area contributed by atoms with E-state index in [0.717, 1.165) is 0 Å². The Kier molecular flexibility index (Phi) is 5.01. The van der Waals surface area contributed by atoms with E-state index in [1.165, 1.54) is 0 Å². The van der Waals surface area contributed by atoms with Crippen LogP contribution in [0, 0.1) is 0 Å².